The van der Waals surface area contributed by atoms with Crippen LogP contribution < -0.4 is 5.32 Å². The van der Waals surface area contributed by atoms with Crippen molar-refractivity contribution in [3.63, 3.8) is 0 Å². The van der Waals surface area contributed by atoms with Crippen LogP contribution in [0.5, 0.6) is 0 Å². The highest BCUT2D eigenvalue weighted by atomic mass is 16.6. The molecular formula is C12H12N4O4. The maximum absolute atomic E-state index is 11.9. The van der Waals surface area contributed by atoms with Gasteiger partial charge in [-0.15, -0.1) is 0 Å². The van der Waals surface area contributed by atoms with Crippen LogP contribution in [0, 0.1) is 10.1 Å². The van der Waals surface area contributed by atoms with Crippen molar-refractivity contribution >= 4 is 28.9 Å². The third-order valence-corrected chi connectivity index (χ3v) is 2.81. The molecule has 8 nitrogen and oxygen atoms in total. The monoisotopic (exact) mass is 276 g/mol. The van der Waals surface area contributed by atoms with Gasteiger partial charge in [0.05, 0.1) is 4.92 Å². The van der Waals surface area contributed by atoms with Crippen molar-refractivity contribution in [3.05, 3.63) is 34.4 Å². The van der Waals surface area contributed by atoms with Gasteiger partial charge in [-0.2, -0.15) is 5.10 Å². The lowest BCUT2D eigenvalue weighted by Crippen LogP contribution is -2.34. The molecular weight excluding hydrogens is 264 g/mol. The van der Waals surface area contributed by atoms with Gasteiger partial charge in [0.25, 0.3) is 11.6 Å². The molecule has 0 aliphatic carbocycles. The largest absolute Gasteiger partial charge is 0.321 e. The number of carbonyl (C=O) groups is 2. The van der Waals surface area contributed by atoms with E-state index in [0.717, 1.165) is 5.01 Å². The van der Waals surface area contributed by atoms with Crippen LogP contribution in [0.1, 0.15) is 12.8 Å². The number of amides is 2. The van der Waals surface area contributed by atoms with Crippen molar-refractivity contribution in [1.82, 2.24) is 5.01 Å². The Morgan fingerprint density at radius 1 is 1.35 bits per heavy atom. The standard InChI is InChI=1S/C12H12N4O4/c1-15-11(17)7-6-10(14-15)12(18)13-8-2-4-9(5-3-8)16(19)20/h2-5H,6-7H2,1H3,(H,13,18). The Hall–Kier alpha value is -2.77. The van der Waals surface area contributed by atoms with Crippen LogP contribution in [0.15, 0.2) is 29.4 Å². The molecule has 0 aromatic heterocycles. The second-order valence-corrected chi connectivity index (χ2v) is 4.22. The molecule has 0 saturated carbocycles. The average molecular weight is 276 g/mol. The van der Waals surface area contributed by atoms with E-state index in [0.29, 0.717) is 5.69 Å². The van der Waals surface area contributed by atoms with Gasteiger partial charge in [-0.25, -0.2) is 5.01 Å². The number of non-ortho nitro benzene ring substituents is 1. The average Bonchev–Trinajstić information content (AvgIpc) is 2.42. The van der Waals surface area contributed by atoms with Crippen LogP contribution in [0.3, 0.4) is 0 Å². The summed E-state index contributed by atoms with van der Waals surface area (Å²) in [6.45, 7) is 0. The van der Waals surface area contributed by atoms with Gasteiger partial charge in [0.2, 0.25) is 5.91 Å². The lowest BCUT2D eigenvalue weighted by atomic mass is 10.1. The highest BCUT2D eigenvalue weighted by molar-refractivity contribution is 6.43. The van der Waals surface area contributed by atoms with Gasteiger partial charge in [-0.3, -0.25) is 19.7 Å². The number of rotatable bonds is 3. The zero-order valence-electron chi connectivity index (χ0n) is 10.7. The molecule has 0 radical (unpaired) electrons. The summed E-state index contributed by atoms with van der Waals surface area (Å²) >= 11 is 0. The van der Waals surface area contributed by atoms with Gasteiger partial charge in [0.15, 0.2) is 0 Å². The maximum atomic E-state index is 11.9. The minimum atomic E-state index is -0.516. The predicted molar refractivity (Wildman–Crippen MR) is 71.2 cm³/mol. The van der Waals surface area contributed by atoms with Crippen molar-refractivity contribution in [2.45, 2.75) is 12.8 Å². The molecule has 1 aromatic carbocycles. The van der Waals surface area contributed by atoms with Crippen LogP contribution >= 0.6 is 0 Å². The Morgan fingerprint density at radius 3 is 2.55 bits per heavy atom. The Kier molecular flexibility index (Phi) is 3.74. The molecule has 0 fully saturated rings. The quantitative estimate of drug-likeness (QED) is 0.660. The summed E-state index contributed by atoms with van der Waals surface area (Å²) in [6.07, 6.45) is 0.519. The fourth-order valence-corrected chi connectivity index (χ4v) is 1.70. The van der Waals surface area contributed by atoms with Crippen LogP contribution in [0.2, 0.25) is 0 Å². The minimum Gasteiger partial charge on any atom is -0.321 e. The van der Waals surface area contributed by atoms with E-state index in [-0.39, 0.29) is 30.1 Å². The van der Waals surface area contributed by atoms with Gasteiger partial charge >= 0.3 is 0 Å². The molecule has 8 heteroatoms. The highest BCUT2D eigenvalue weighted by Crippen LogP contribution is 2.16. The summed E-state index contributed by atoms with van der Waals surface area (Å²) in [6, 6.07) is 5.48. The summed E-state index contributed by atoms with van der Waals surface area (Å²) in [5.41, 5.74) is 0.636. The molecule has 104 valence electrons. The first-order valence-corrected chi connectivity index (χ1v) is 5.87. The zero-order valence-corrected chi connectivity index (χ0v) is 10.7. The van der Waals surface area contributed by atoms with Crippen molar-refractivity contribution in [2.24, 2.45) is 5.10 Å². The fraction of sp³-hybridized carbons (Fsp3) is 0.250. The van der Waals surface area contributed by atoms with E-state index in [1.165, 1.54) is 31.3 Å². The molecule has 0 spiro atoms. The highest BCUT2D eigenvalue weighted by Gasteiger charge is 2.22. The smallest absolute Gasteiger partial charge is 0.271 e. The van der Waals surface area contributed by atoms with Crippen LogP contribution in [0.25, 0.3) is 0 Å². The fourth-order valence-electron chi connectivity index (χ4n) is 1.70. The number of nitrogens with zero attached hydrogens (tertiary/aromatic N) is 3. The van der Waals surface area contributed by atoms with E-state index >= 15 is 0 Å². The van der Waals surface area contributed by atoms with E-state index in [4.69, 9.17) is 0 Å². The van der Waals surface area contributed by atoms with Crippen LogP contribution in [0.4, 0.5) is 11.4 Å². The second-order valence-electron chi connectivity index (χ2n) is 4.22. The summed E-state index contributed by atoms with van der Waals surface area (Å²) in [4.78, 5) is 33.2. The molecule has 1 heterocycles. The van der Waals surface area contributed by atoms with Crippen LogP contribution in [-0.4, -0.2) is 34.5 Å². The number of anilines is 1. The van der Waals surface area contributed by atoms with Gasteiger partial charge in [0.1, 0.15) is 5.71 Å². The lowest BCUT2D eigenvalue weighted by Gasteiger charge is -2.18. The van der Waals surface area contributed by atoms with Gasteiger partial charge in [-0.1, -0.05) is 0 Å². The summed E-state index contributed by atoms with van der Waals surface area (Å²) in [5, 5.41) is 18.1. The van der Waals surface area contributed by atoms with E-state index in [1.54, 1.807) is 0 Å². The first-order chi connectivity index (χ1) is 9.47. The number of nitro groups is 1. The van der Waals surface area contributed by atoms with Crippen molar-refractivity contribution in [1.29, 1.82) is 0 Å². The first kappa shape index (κ1) is 13.7. The molecule has 1 aliphatic rings. The Labute approximate surface area is 114 Å². The Balaban J connectivity index is 2.06. The number of hydrazone groups is 1. The van der Waals surface area contributed by atoms with E-state index < -0.39 is 10.8 Å². The van der Waals surface area contributed by atoms with Gasteiger partial charge < -0.3 is 5.32 Å². The third kappa shape index (κ3) is 2.97. The normalized spacial score (nSPS) is 14.8. The number of nitro benzene ring substituents is 1. The summed E-state index contributed by atoms with van der Waals surface area (Å²) in [7, 11) is 1.49. The van der Waals surface area contributed by atoms with E-state index in [1.807, 2.05) is 0 Å². The molecule has 0 saturated heterocycles. The van der Waals surface area contributed by atoms with Crippen molar-refractivity contribution in [3.8, 4) is 0 Å². The Bertz CT molecular complexity index is 594. The predicted octanol–water partition coefficient (Wildman–Crippen LogP) is 1.14. The SMILES string of the molecule is CN1N=C(C(=O)Nc2ccc([N+](=O)[O-])cc2)CCC1=O. The lowest BCUT2D eigenvalue weighted by molar-refractivity contribution is -0.384. The van der Waals surface area contributed by atoms with Crippen molar-refractivity contribution < 1.29 is 14.5 Å². The molecule has 2 rings (SSSR count). The number of carbonyl (C=O) groups excluding carboxylic acids is 2. The molecule has 2 amide bonds. The van der Waals surface area contributed by atoms with Crippen molar-refractivity contribution in [2.75, 3.05) is 12.4 Å². The van der Waals surface area contributed by atoms with E-state index in [2.05, 4.69) is 10.4 Å². The number of nitrogens with one attached hydrogen (secondary N) is 1. The summed E-state index contributed by atoms with van der Waals surface area (Å²) in [5.74, 6) is -0.560. The third-order valence-electron chi connectivity index (χ3n) is 2.81. The molecule has 1 N–H and O–H groups in total. The van der Waals surface area contributed by atoms with Gasteiger partial charge in [-0.05, 0) is 12.1 Å². The molecule has 1 aromatic rings. The minimum absolute atomic E-state index is 0.0525. The van der Waals surface area contributed by atoms with Crippen LogP contribution in [-0.2, 0) is 9.59 Å². The molecule has 0 unspecified atom stereocenters. The Morgan fingerprint density at radius 2 is 2.00 bits per heavy atom. The van der Waals surface area contributed by atoms with E-state index in [9.17, 15) is 19.7 Å². The number of benzene rings is 1. The summed E-state index contributed by atoms with van der Waals surface area (Å²) < 4.78 is 0. The number of hydrogen-bond donors (Lipinski definition) is 1. The molecule has 0 bridgehead atoms. The molecule has 20 heavy (non-hydrogen) atoms. The second kappa shape index (κ2) is 5.47. The number of hydrogen-bond acceptors (Lipinski definition) is 5. The maximum Gasteiger partial charge on any atom is 0.271 e. The zero-order chi connectivity index (χ0) is 14.7. The first-order valence-electron chi connectivity index (χ1n) is 5.87. The molecule has 0 atom stereocenters. The van der Waals surface area contributed by atoms with Gasteiger partial charge in [0, 0.05) is 37.7 Å². The topological polar surface area (TPSA) is 105 Å². The molecule has 1 aliphatic heterocycles.